The van der Waals surface area contributed by atoms with Crippen molar-refractivity contribution in [3.8, 4) is 17.1 Å². The molecule has 184 valence electrons. The lowest BCUT2D eigenvalue weighted by molar-refractivity contribution is -0.137. The van der Waals surface area contributed by atoms with Crippen LogP contribution in [0.15, 0.2) is 67.5 Å². The second kappa shape index (κ2) is 10.8. The van der Waals surface area contributed by atoms with Crippen molar-refractivity contribution < 1.29 is 14.6 Å². The second-order valence-corrected chi connectivity index (χ2v) is 9.10. The minimum Gasteiger partial charge on any atom is -0.497 e. The van der Waals surface area contributed by atoms with E-state index < -0.39 is 5.97 Å². The largest absolute Gasteiger partial charge is 0.497 e. The number of hydrogen-bond donors (Lipinski definition) is 1. The first-order valence-electron chi connectivity index (χ1n) is 11.9. The highest BCUT2D eigenvalue weighted by molar-refractivity contribution is 5.66. The average Bonchev–Trinajstić information content (AvgIpc) is 3.31. The van der Waals surface area contributed by atoms with Crippen molar-refractivity contribution in [1.29, 1.82) is 0 Å². The van der Waals surface area contributed by atoms with Gasteiger partial charge in [-0.3, -0.25) is 14.6 Å². The standard InChI is InChI=1S/C27H33N5O3/c1-5-13-30-15-20(3)32(16-19(30)2)26(23-7-6-8-24(14-23)35-4)21-9-11-22(12-10-21)27-28-18-31(29-27)17-25(33)34/h5-12,14,18-20,26H,1,13,15-17H2,2-4H3,(H,33,34)/t19-,20+,26-/m1/s1. The molecule has 0 radical (unpaired) electrons. The van der Waals surface area contributed by atoms with Crippen LogP contribution in [0.25, 0.3) is 11.4 Å². The van der Waals surface area contributed by atoms with Gasteiger partial charge in [0.2, 0.25) is 0 Å². The average molecular weight is 476 g/mol. The normalized spacial score (nSPS) is 19.9. The van der Waals surface area contributed by atoms with E-state index in [1.807, 2.05) is 30.3 Å². The van der Waals surface area contributed by atoms with Crippen LogP contribution in [0, 0.1) is 0 Å². The van der Waals surface area contributed by atoms with Gasteiger partial charge >= 0.3 is 5.97 Å². The number of aliphatic carboxylic acids is 1. The van der Waals surface area contributed by atoms with Crippen LogP contribution >= 0.6 is 0 Å². The quantitative estimate of drug-likeness (QED) is 0.473. The molecule has 2 heterocycles. The fraction of sp³-hybridized carbons (Fsp3) is 0.370. The molecule has 1 fully saturated rings. The first-order chi connectivity index (χ1) is 16.9. The number of benzene rings is 2. The number of piperazine rings is 1. The number of carboxylic acid groups (broad SMARTS) is 1. The van der Waals surface area contributed by atoms with Crippen LogP contribution in [0.4, 0.5) is 0 Å². The van der Waals surface area contributed by atoms with Gasteiger partial charge in [-0.2, -0.15) is 5.10 Å². The summed E-state index contributed by atoms with van der Waals surface area (Å²) in [7, 11) is 1.69. The fourth-order valence-corrected chi connectivity index (χ4v) is 4.85. The molecule has 8 heteroatoms. The van der Waals surface area contributed by atoms with E-state index in [-0.39, 0.29) is 12.6 Å². The molecule has 2 aromatic carbocycles. The monoisotopic (exact) mass is 475 g/mol. The van der Waals surface area contributed by atoms with Gasteiger partial charge in [-0.1, -0.05) is 42.5 Å². The molecule has 0 unspecified atom stereocenters. The zero-order chi connectivity index (χ0) is 24.9. The Morgan fingerprint density at radius 2 is 1.94 bits per heavy atom. The van der Waals surface area contributed by atoms with Crippen molar-refractivity contribution >= 4 is 5.97 Å². The summed E-state index contributed by atoms with van der Waals surface area (Å²) in [5.74, 6) is 0.397. The molecule has 4 rings (SSSR count). The maximum absolute atomic E-state index is 11.0. The maximum atomic E-state index is 11.0. The van der Waals surface area contributed by atoms with Gasteiger partial charge in [0.05, 0.1) is 13.2 Å². The Labute approximate surface area is 206 Å². The molecular weight excluding hydrogens is 442 g/mol. The highest BCUT2D eigenvalue weighted by Gasteiger charge is 2.34. The molecule has 1 saturated heterocycles. The van der Waals surface area contributed by atoms with Crippen molar-refractivity contribution in [1.82, 2.24) is 24.6 Å². The van der Waals surface area contributed by atoms with Gasteiger partial charge in [0.15, 0.2) is 5.82 Å². The van der Waals surface area contributed by atoms with Crippen LogP contribution in [0.1, 0.15) is 31.0 Å². The molecule has 1 N–H and O–H groups in total. The fourth-order valence-electron chi connectivity index (χ4n) is 4.85. The predicted molar refractivity (Wildman–Crippen MR) is 135 cm³/mol. The molecule has 0 spiro atoms. The summed E-state index contributed by atoms with van der Waals surface area (Å²) in [5, 5.41) is 13.3. The van der Waals surface area contributed by atoms with Crippen LogP contribution in [-0.4, -0.2) is 74.5 Å². The first-order valence-corrected chi connectivity index (χ1v) is 11.9. The minimum atomic E-state index is -0.950. The van der Waals surface area contributed by atoms with Crippen molar-refractivity contribution in [2.24, 2.45) is 0 Å². The highest BCUT2D eigenvalue weighted by Crippen LogP contribution is 2.35. The van der Waals surface area contributed by atoms with E-state index in [1.165, 1.54) is 22.1 Å². The summed E-state index contributed by atoms with van der Waals surface area (Å²) in [6.45, 7) is 11.0. The van der Waals surface area contributed by atoms with E-state index in [4.69, 9.17) is 9.84 Å². The summed E-state index contributed by atoms with van der Waals surface area (Å²) in [4.78, 5) is 20.3. The van der Waals surface area contributed by atoms with Gasteiger partial charge in [-0.25, -0.2) is 9.67 Å². The molecule has 0 aliphatic carbocycles. The zero-order valence-corrected chi connectivity index (χ0v) is 20.5. The summed E-state index contributed by atoms with van der Waals surface area (Å²) in [6.07, 6.45) is 3.42. The topological polar surface area (TPSA) is 83.7 Å². The number of carbonyl (C=O) groups is 1. The van der Waals surface area contributed by atoms with E-state index >= 15 is 0 Å². The van der Waals surface area contributed by atoms with Crippen LogP contribution in [0.2, 0.25) is 0 Å². The summed E-state index contributed by atoms with van der Waals surface area (Å²) < 4.78 is 6.86. The number of rotatable bonds is 9. The number of aromatic nitrogens is 3. The third kappa shape index (κ3) is 5.61. The van der Waals surface area contributed by atoms with Crippen LogP contribution in [-0.2, 0) is 11.3 Å². The Balaban J connectivity index is 1.67. The van der Waals surface area contributed by atoms with E-state index in [9.17, 15) is 4.79 Å². The SMILES string of the molecule is C=CCN1C[C@H](C)N([C@H](c2ccc(-c3ncn(CC(=O)O)n3)cc2)c2cccc(OC)c2)C[C@H]1C. The van der Waals surface area contributed by atoms with Gasteiger partial charge in [0, 0.05) is 37.3 Å². The van der Waals surface area contributed by atoms with Crippen LogP contribution in [0.5, 0.6) is 5.75 Å². The molecule has 1 aliphatic rings. The maximum Gasteiger partial charge on any atom is 0.325 e. The van der Waals surface area contributed by atoms with Gasteiger partial charge in [-0.05, 0) is 37.1 Å². The Hall–Kier alpha value is -3.49. The highest BCUT2D eigenvalue weighted by atomic mass is 16.5. The first kappa shape index (κ1) is 24.6. The summed E-state index contributed by atoms with van der Waals surface area (Å²) in [6, 6.07) is 17.3. The van der Waals surface area contributed by atoms with Crippen molar-refractivity contribution in [3.05, 3.63) is 78.6 Å². The van der Waals surface area contributed by atoms with E-state index in [0.29, 0.717) is 17.9 Å². The molecule has 1 aliphatic heterocycles. The summed E-state index contributed by atoms with van der Waals surface area (Å²) in [5.41, 5.74) is 3.19. The molecular formula is C27H33N5O3. The van der Waals surface area contributed by atoms with Gasteiger partial charge in [0.25, 0.3) is 0 Å². The molecule has 3 aromatic rings. The molecule has 8 nitrogen and oxygen atoms in total. The Kier molecular flexibility index (Phi) is 7.63. The lowest BCUT2D eigenvalue weighted by Crippen LogP contribution is -2.57. The smallest absolute Gasteiger partial charge is 0.325 e. The van der Waals surface area contributed by atoms with E-state index in [0.717, 1.165) is 30.9 Å². The number of nitrogens with zero attached hydrogens (tertiary/aromatic N) is 5. The zero-order valence-electron chi connectivity index (χ0n) is 20.5. The van der Waals surface area contributed by atoms with E-state index in [1.54, 1.807) is 7.11 Å². The van der Waals surface area contributed by atoms with Crippen molar-refractivity contribution in [2.75, 3.05) is 26.7 Å². The Bertz CT molecular complexity index is 1160. The number of hydrogen-bond acceptors (Lipinski definition) is 6. The van der Waals surface area contributed by atoms with E-state index in [2.05, 4.69) is 64.6 Å². The summed E-state index contributed by atoms with van der Waals surface area (Å²) >= 11 is 0. The number of carboxylic acids is 1. The molecule has 3 atom stereocenters. The number of methoxy groups -OCH3 is 1. The van der Waals surface area contributed by atoms with Crippen molar-refractivity contribution in [2.45, 2.75) is 38.5 Å². The predicted octanol–water partition coefficient (Wildman–Crippen LogP) is 3.71. The molecule has 0 saturated carbocycles. The molecule has 1 aromatic heterocycles. The second-order valence-electron chi connectivity index (χ2n) is 9.10. The molecule has 0 amide bonds. The lowest BCUT2D eigenvalue weighted by Gasteiger charge is -2.47. The lowest BCUT2D eigenvalue weighted by atomic mass is 9.92. The minimum absolute atomic E-state index is 0.0556. The van der Waals surface area contributed by atoms with Gasteiger partial charge in [0.1, 0.15) is 18.6 Å². The van der Waals surface area contributed by atoms with Gasteiger partial charge in [-0.15, -0.1) is 6.58 Å². The van der Waals surface area contributed by atoms with Crippen LogP contribution < -0.4 is 4.74 Å². The third-order valence-electron chi connectivity index (χ3n) is 6.59. The van der Waals surface area contributed by atoms with Crippen LogP contribution in [0.3, 0.4) is 0 Å². The molecule has 35 heavy (non-hydrogen) atoms. The molecule has 0 bridgehead atoms. The third-order valence-corrected chi connectivity index (χ3v) is 6.59. The Morgan fingerprint density at radius 3 is 2.63 bits per heavy atom. The Morgan fingerprint density at radius 1 is 1.17 bits per heavy atom. The number of ether oxygens (including phenoxy) is 1. The van der Waals surface area contributed by atoms with Gasteiger partial charge < -0.3 is 9.84 Å². The van der Waals surface area contributed by atoms with Crippen molar-refractivity contribution in [3.63, 3.8) is 0 Å².